The first-order valence-electron chi connectivity index (χ1n) is 7.94. The van der Waals surface area contributed by atoms with E-state index < -0.39 is 0 Å². The molecule has 1 heterocycles. The molecule has 4 nitrogen and oxygen atoms in total. The van der Waals surface area contributed by atoms with Gasteiger partial charge in [0, 0.05) is 17.7 Å². The largest absolute Gasteiger partial charge is 0.339 e. The van der Waals surface area contributed by atoms with Crippen molar-refractivity contribution in [3.8, 4) is 0 Å². The zero-order valence-corrected chi connectivity index (χ0v) is 13.5. The normalized spacial score (nSPS) is 17.7. The fraction of sp³-hybridized carbons (Fsp3) is 0.867. The molecule has 1 unspecified atom stereocenters. The van der Waals surface area contributed by atoms with E-state index in [0.29, 0.717) is 6.04 Å². The number of hydrogen-bond acceptors (Lipinski definition) is 5. The van der Waals surface area contributed by atoms with E-state index in [-0.39, 0.29) is 0 Å². The van der Waals surface area contributed by atoms with Gasteiger partial charge in [-0.25, -0.2) is 0 Å². The number of aryl methyl sites for hydroxylation is 1. The number of nitrogens with one attached hydrogen (secondary N) is 1. The lowest BCUT2D eigenvalue weighted by molar-refractivity contribution is 0.363. The summed E-state index contributed by atoms with van der Waals surface area (Å²) < 4.78 is 5.33. The molecular formula is C15H27N3OS. The van der Waals surface area contributed by atoms with Crippen molar-refractivity contribution < 1.29 is 4.52 Å². The summed E-state index contributed by atoms with van der Waals surface area (Å²) in [4.78, 5) is 4.50. The molecular weight excluding hydrogens is 270 g/mol. The molecule has 0 amide bonds. The summed E-state index contributed by atoms with van der Waals surface area (Å²) in [6.45, 7) is 5.48. The van der Waals surface area contributed by atoms with Crippen LogP contribution in [0.1, 0.15) is 64.1 Å². The summed E-state index contributed by atoms with van der Waals surface area (Å²) in [5, 5.41) is 8.38. The third-order valence-corrected chi connectivity index (χ3v) is 5.16. The Balaban J connectivity index is 1.66. The van der Waals surface area contributed by atoms with Crippen LogP contribution < -0.4 is 5.32 Å². The fourth-order valence-corrected chi connectivity index (χ4v) is 3.70. The van der Waals surface area contributed by atoms with E-state index in [4.69, 9.17) is 4.52 Å². The SMILES string of the molecule is CCCNC(C)CCc1nc(CSC2CCCC2)no1. The first kappa shape index (κ1) is 15.8. The van der Waals surface area contributed by atoms with E-state index in [9.17, 15) is 0 Å². The molecule has 114 valence electrons. The van der Waals surface area contributed by atoms with Crippen molar-refractivity contribution in [1.29, 1.82) is 0 Å². The summed E-state index contributed by atoms with van der Waals surface area (Å²) in [6.07, 6.45) is 8.59. The van der Waals surface area contributed by atoms with Crippen molar-refractivity contribution >= 4 is 11.8 Å². The second kappa shape index (κ2) is 8.67. The van der Waals surface area contributed by atoms with Crippen molar-refractivity contribution in [2.45, 2.75) is 75.8 Å². The van der Waals surface area contributed by atoms with Gasteiger partial charge in [0.25, 0.3) is 0 Å². The van der Waals surface area contributed by atoms with Crippen LogP contribution in [0.4, 0.5) is 0 Å². The number of nitrogens with zero attached hydrogens (tertiary/aromatic N) is 2. The van der Waals surface area contributed by atoms with Gasteiger partial charge in [0.05, 0.1) is 5.75 Å². The van der Waals surface area contributed by atoms with Crippen LogP contribution in [0.15, 0.2) is 4.52 Å². The molecule has 1 fully saturated rings. The van der Waals surface area contributed by atoms with E-state index >= 15 is 0 Å². The monoisotopic (exact) mass is 297 g/mol. The van der Waals surface area contributed by atoms with Gasteiger partial charge in [-0.05, 0) is 39.2 Å². The molecule has 1 N–H and O–H groups in total. The fourth-order valence-electron chi connectivity index (χ4n) is 2.53. The molecule has 1 saturated carbocycles. The highest BCUT2D eigenvalue weighted by Gasteiger charge is 2.16. The van der Waals surface area contributed by atoms with E-state index in [0.717, 1.165) is 42.1 Å². The number of rotatable bonds is 9. The van der Waals surface area contributed by atoms with E-state index in [1.54, 1.807) is 0 Å². The molecule has 2 rings (SSSR count). The Morgan fingerprint density at radius 1 is 1.40 bits per heavy atom. The van der Waals surface area contributed by atoms with Gasteiger partial charge in [0.15, 0.2) is 5.82 Å². The van der Waals surface area contributed by atoms with Crippen LogP contribution in [-0.4, -0.2) is 28.0 Å². The van der Waals surface area contributed by atoms with Gasteiger partial charge in [-0.1, -0.05) is 24.9 Å². The highest BCUT2D eigenvalue weighted by Crippen LogP contribution is 2.30. The molecule has 1 aromatic heterocycles. The van der Waals surface area contributed by atoms with Gasteiger partial charge in [-0.3, -0.25) is 0 Å². The summed E-state index contributed by atoms with van der Waals surface area (Å²) >= 11 is 1.99. The second-order valence-electron chi connectivity index (χ2n) is 5.72. The minimum atomic E-state index is 0.512. The highest BCUT2D eigenvalue weighted by atomic mass is 32.2. The van der Waals surface area contributed by atoms with Gasteiger partial charge in [-0.2, -0.15) is 16.7 Å². The average molecular weight is 297 g/mol. The van der Waals surface area contributed by atoms with Gasteiger partial charge < -0.3 is 9.84 Å². The quantitative estimate of drug-likeness (QED) is 0.755. The van der Waals surface area contributed by atoms with E-state index in [2.05, 4.69) is 29.3 Å². The predicted molar refractivity (Wildman–Crippen MR) is 83.9 cm³/mol. The van der Waals surface area contributed by atoms with E-state index in [1.165, 1.54) is 32.1 Å². The minimum Gasteiger partial charge on any atom is -0.339 e. The van der Waals surface area contributed by atoms with Crippen LogP contribution in [0, 0.1) is 0 Å². The average Bonchev–Trinajstić information content (AvgIpc) is 3.11. The standard InChI is InChI=1S/C15H27N3OS/c1-3-10-16-12(2)8-9-15-17-14(18-19-15)11-20-13-6-4-5-7-13/h12-13,16H,3-11H2,1-2H3. The maximum atomic E-state index is 5.33. The molecule has 0 spiro atoms. The Bertz CT molecular complexity index is 377. The lowest BCUT2D eigenvalue weighted by atomic mass is 10.2. The van der Waals surface area contributed by atoms with Gasteiger partial charge in [0.1, 0.15) is 0 Å². The highest BCUT2D eigenvalue weighted by molar-refractivity contribution is 7.99. The molecule has 20 heavy (non-hydrogen) atoms. The van der Waals surface area contributed by atoms with Crippen LogP contribution in [0.3, 0.4) is 0 Å². The lowest BCUT2D eigenvalue weighted by Gasteiger charge is -2.10. The molecule has 0 aromatic carbocycles. The van der Waals surface area contributed by atoms with Crippen molar-refractivity contribution in [3.63, 3.8) is 0 Å². The molecule has 5 heteroatoms. The van der Waals surface area contributed by atoms with Crippen LogP contribution in [0.25, 0.3) is 0 Å². The number of hydrogen-bond donors (Lipinski definition) is 1. The second-order valence-corrected chi connectivity index (χ2v) is 7.00. The molecule has 0 radical (unpaired) electrons. The number of aromatic nitrogens is 2. The molecule has 1 aromatic rings. The Morgan fingerprint density at radius 3 is 2.95 bits per heavy atom. The maximum absolute atomic E-state index is 5.33. The molecule has 0 bridgehead atoms. The van der Waals surface area contributed by atoms with Gasteiger partial charge in [0.2, 0.25) is 5.89 Å². The van der Waals surface area contributed by atoms with Crippen LogP contribution in [0.2, 0.25) is 0 Å². The van der Waals surface area contributed by atoms with Crippen molar-refractivity contribution in [1.82, 2.24) is 15.5 Å². The summed E-state index contributed by atoms with van der Waals surface area (Å²) in [7, 11) is 0. The van der Waals surface area contributed by atoms with Crippen LogP contribution >= 0.6 is 11.8 Å². The first-order valence-corrected chi connectivity index (χ1v) is 8.99. The lowest BCUT2D eigenvalue weighted by Crippen LogP contribution is -2.27. The first-order chi connectivity index (χ1) is 9.78. The van der Waals surface area contributed by atoms with Crippen molar-refractivity contribution in [2.24, 2.45) is 0 Å². The van der Waals surface area contributed by atoms with Crippen molar-refractivity contribution in [3.05, 3.63) is 11.7 Å². The third-order valence-electron chi connectivity index (χ3n) is 3.79. The third kappa shape index (κ3) is 5.44. The van der Waals surface area contributed by atoms with Crippen molar-refractivity contribution in [2.75, 3.05) is 6.54 Å². The topological polar surface area (TPSA) is 51.0 Å². The molecule has 1 atom stereocenters. The summed E-state index contributed by atoms with van der Waals surface area (Å²) in [6, 6.07) is 0.512. The minimum absolute atomic E-state index is 0.512. The Morgan fingerprint density at radius 2 is 2.20 bits per heavy atom. The number of thioether (sulfide) groups is 1. The smallest absolute Gasteiger partial charge is 0.226 e. The summed E-state index contributed by atoms with van der Waals surface area (Å²) in [5.74, 6) is 2.56. The Hall–Kier alpha value is -0.550. The molecule has 1 aliphatic carbocycles. The van der Waals surface area contributed by atoms with Gasteiger partial charge >= 0.3 is 0 Å². The molecule has 0 aliphatic heterocycles. The Labute approximate surface area is 126 Å². The molecule has 0 saturated heterocycles. The zero-order valence-electron chi connectivity index (χ0n) is 12.7. The van der Waals surface area contributed by atoms with Crippen LogP contribution in [-0.2, 0) is 12.2 Å². The van der Waals surface area contributed by atoms with Crippen LogP contribution in [0.5, 0.6) is 0 Å². The van der Waals surface area contributed by atoms with E-state index in [1.807, 2.05) is 11.8 Å². The maximum Gasteiger partial charge on any atom is 0.226 e. The van der Waals surface area contributed by atoms with Gasteiger partial charge in [-0.15, -0.1) is 0 Å². The summed E-state index contributed by atoms with van der Waals surface area (Å²) in [5.41, 5.74) is 0. The molecule has 1 aliphatic rings. The Kier molecular flexibility index (Phi) is 6.87. The zero-order chi connectivity index (χ0) is 14.2. The predicted octanol–water partition coefficient (Wildman–Crippen LogP) is 3.57.